The Morgan fingerprint density at radius 3 is 2.55 bits per heavy atom. The normalized spacial score (nSPS) is 12.8. The molecular weight excluding hydrogens is 271 g/mol. The summed E-state index contributed by atoms with van der Waals surface area (Å²) in [7, 11) is 1.97. The standard InChI is InChI=1S/C16H27FN2S/c1-12(2)18-11-14-6-7-16(15(17)10-14)19(4)13(3)8-9-20-5/h6-7,10,12-13,18H,8-9,11H2,1-5H3. The predicted octanol–water partition coefficient (Wildman–Crippen LogP) is 3.90. The van der Waals surface area contributed by atoms with E-state index in [4.69, 9.17) is 0 Å². The van der Waals surface area contributed by atoms with Gasteiger partial charge in [0.15, 0.2) is 0 Å². The number of nitrogens with zero attached hydrogens (tertiary/aromatic N) is 1. The molecule has 1 atom stereocenters. The van der Waals surface area contributed by atoms with E-state index in [1.807, 2.05) is 35.8 Å². The van der Waals surface area contributed by atoms with Crippen LogP contribution in [0.15, 0.2) is 18.2 Å². The van der Waals surface area contributed by atoms with Crippen molar-refractivity contribution in [2.75, 3.05) is 24.0 Å². The van der Waals surface area contributed by atoms with Crippen molar-refractivity contribution in [3.8, 4) is 0 Å². The largest absolute Gasteiger partial charge is 0.369 e. The lowest BCUT2D eigenvalue weighted by molar-refractivity contribution is 0.577. The zero-order valence-electron chi connectivity index (χ0n) is 13.2. The summed E-state index contributed by atoms with van der Waals surface area (Å²) in [4.78, 5) is 2.03. The molecule has 0 saturated heterocycles. The fraction of sp³-hybridized carbons (Fsp3) is 0.625. The van der Waals surface area contributed by atoms with Gasteiger partial charge in [-0.05, 0) is 43.0 Å². The maximum Gasteiger partial charge on any atom is 0.146 e. The molecule has 1 aromatic rings. The second-order valence-corrected chi connectivity index (χ2v) is 6.55. The number of nitrogens with one attached hydrogen (secondary N) is 1. The molecule has 0 aliphatic carbocycles. The summed E-state index contributed by atoms with van der Waals surface area (Å²) in [5.74, 6) is 0.968. The molecule has 1 unspecified atom stereocenters. The van der Waals surface area contributed by atoms with Crippen LogP contribution in [0.1, 0.15) is 32.8 Å². The maximum absolute atomic E-state index is 14.2. The summed E-state index contributed by atoms with van der Waals surface area (Å²) >= 11 is 1.83. The highest BCUT2D eigenvalue weighted by Crippen LogP contribution is 2.22. The minimum absolute atomic E-state index is 0.133. The molecule has 0 aliphatic heterocycles. The first kappa shape index (κ1) is 17.3. The summed E-state index contributed by atoms with van der Waals surface area (Å²) in [5, 5.41) is 3.31. The van der Waals surface area contributed by atoms with Crippen LogP contribution in [0.25, 0.3) is 0 Å². The minimum Gasteiger partial charge on any atom is -0.369 e. The van der Waals surface area contributed by atoms with Crippen LogP contribution in [0, 0.1) is 5.82 Å². The Labute approximate surface area is 127 Å². The Bertz CT molecular complexity index is 409. The van der Waals surface area contributed by atoms with E-state index in [1.54, 1.807) is 6.07 Å². The van der Waals surface area contributed by atoms with Gasteiger partial charge in [0.1, 0.15) is 5.82 Å². The van der Waals surface area contributed by atoms with Gasteiger partial charge in [-0.25, -0.2) is 4.39 Å². The molecular formula is C16H27FN2S. The van der Waals surface area contributed by atoms with Gasteiger partial charge in [0.05, 0.1) is 5.69 Å². The zero-order valence-corrected chi connectivity index (χ0v) is 14.1. The molecule has 0 radical (unpaired) electrons. The van der Waals surface area contributed by atoms with Crippen molar-refractivity contribution in [3.05, 3.63) is 29.6 Å². The van der Waals surface area contributed by atoms with Gasteiger partial charge in [0, 0.05) is 25.7 Å². The van der Waals surface area contributed by atoms with E-state index in [0.717, 1.165) is 17.7 Å². The van der Waals surface area contributed by atoms with Gasteiger partial charge in [-0.3, -0.25) is 0 Å². The number of benzene rings is 1. The van der Waals surface area contributed by atoms with Crippen LogP contribution < -0.4 is 10.2 Å². The molecule has 0 heterocycles. The van der Waals surface area contributed by atoms with Gasteiger partial charge in [0.2, 0.25) is 0 Å². The number of halogens is 1. The topological polar surface area (TPSA) is 15.3 Å². The second-order valence-electron chi connectivity index (χ2n) is 5.56. The van der Waals surface area contributed by atoms with Crippen LogP contribution in [-0.2, 0) is 6.54 Å². The molecule has 1 rings (SSSR count). The van der Waals surface area contributed by atoms with Gasteiger partial charge in [-0.1, -0.05) is 19.9 Å². The molecule has 1 aromatic carbocycles. The average molecular weight is 298 g/mol. The monoisotopic (exact) mass is 298 g/mol. The lowest BCUT2D eigenvalue weighted by Crippen LogP contribution is -2.30. The number of thioether (sulfide) groups is 1. The molecule has 1 N–H and O–H groups in total. The van der Waals surface area contributed by atoms with Gasteiger partial charge in [0.25, 0.3) is 0 Å². The molecule has 0 amide bonds. The number of anilines is 1. The fourth-order valence-electron chi connectivity index (χ4n) is 1.99. The molecule has 0 fully saturated rings. The number of hydrogen-bond donors (Lipinski definition) is 1. The van der Waals surface area contributed by atoms with Crippen LogP contribution in [0.2, 0.25) is 0 Å². The summed E-state index contributed by atoms with van der Waals surface area (Å²) in [6.07, 6.45) is 3.16. The average Bonchev–Trinajstić information content (AvgIpc) is 2.41. The highest BCUT2D eigenvalue weighted by Gasteiger charge is 2.14. The zero-order chi connectivity index (χ0) is 15.1. The van der Waals surface area contributed by atoms with Crippen molar-refractivity contribution >= 4 is 17.4 Å². The summed E-state index contributed by atoms with van der Waals surface area (Å²) in [5.41, 5.74) is 1.68. The third-order valence-corrected chi connectivity index (χ3v) is 4.15. The van der Waals surface area contributed by atoms with Gasteiger partial charge >= 0.3 is 0 Å². The first-order chi connectivity index (χ1) is 9.45. The predicted molar refractivity (Wildman–Crippen MR) is 89.2 cm³/mol. The van der Waals surface area contributed by atoms with E-state index in [-0.39, 0.29) is 5.82 Å². The van der Waals surface area contributed by atoms with Crippen molar-refractivity contribution in [3.63, 3.8) is 0 Å². The first-order valence-corrected chi connectivity index (χ1v) is 8.58. The minimum atomic E-state index is -0.133. The van der Waals surface area contributed by atoms with Gasteiger partial charge < -0.3 is 10.2 Å². The molecule has 2 nitrogen and oxygen atoms in total. The highest BCUT2D eigenvalue weighted by molar-refractivity contribution is 7.98. The highest BCUT2D eigenvalue weighted by atomic mass is 32.2. The molecule has 20 heavy (non-hydrogen) atoms. The van der Waals surface area contributed by atoms with Crippen molar-refractivity contribution in [1.82, 2.24) is 5.32 Å². The van der Waals surface area contributed by atoms with E-state index in [2.05, 4.69) is 32.3 Å². The smallest absolute Gasteiger partial charge is 0.146 e. The van der Waals surface area contributed by atoms with E-state index >= 15 is 0 Å². The van der Waals surface area contributed by atoms with E-state index in [9.17, 15) is 4.39 Å². The molecule has 114 valence electrons. The SMILES string of the molecule is CSCCC(C)N(C)c1ccc(CNC(C)C)cc1F. The third-order valence-electron chi connectivity index (χ3n) is 3.51. The third kappa shape index (κ3) is 5.33. The molecule has 0 spiro atoms. The Hall–Kier alpha value is -0.740. The van der Waals surface area contributed by atoms with Crippen LogP contribution in [0.3, 0.4) is 0 Å². The van der Waals surface area contributed by atoms with Crippen molar-refractivity contribution in [1.29, 1.82) is 0 Å². The van der Waals surface area contributed by atoms with Crippen molar-refractivity contribution < 1.29 is 4.39 Å². The number of rotatable bonds is 8. The Morgan fingerprint density at radius 1 is 1.30 bits per heavy atom. The molecule has 0 aromatic heterocycles. The van der Waals surface area contributed by atoms with Crippen LogP contribution >= 0.6 is 11.8 Å². The Kier molecular flexibility index (Phi) is 7.38. The lowest BCUT2D eigenvalue weighted by atomic mass is 10.1. The molecule has 0 bridgehead atoms. The van der Waals surface area contributed by atoms with Crippen LogP contribution in [0.4, 0.5) is 10.1 Å². The fourth-order valence-corrected chi connectivity index (χ4v) is 2.56. The van der Waals surface area contributed by atoms with Crippen molar-refractivity contribution in [2.24, 2.45) is 0 Å². The van der Waals surface area contributed by atoms with Gasteiger partial charge in [-0.2, -0.15) is 11.8 Å². The Balaban J connectivity index is 2.71. The quantitative estimate of drug-likeness (QED) is 0.783. The summed E-state index contributed by atoms with van der Waals surface area (Å²) < 4.78 is 14.2. The van der Waals surface area contributed by atoms with E-state index in [1.165, 1.54) is 0 Å². The lowest BCUT2D eigenvalue weighted by Gasteiger charge is -2.27. The summed E-state index contributed by atoms with van der Waals surface area (Å²) in [6.45, 7) is 7.03. The maximum atomic E-state index is 14.2. The second kappa shape index (κ2) is 8.53. The Morgan fingerprint density at radius 2 is 2.00 bits per heavy atom. The van der Waals surface area contributed by atoms with Crippen molar-refractivity contribution in [2.45, 2.75) is 45.8 Å². The van der Waals surface area contributed by atoms with E-state index in [0.29, 0.717) is 24.3 Å². The molecule has 4 heteroatoms. The molecule has 0 aliphatic rings. The van der Waals surface area contributed by atoms with Crippen LogP contribution in [0.5, 0.6) is 0 Å². The first-order valence-electron chi connectivity index (χ1n) is 7.19. The summed E-state index contributed by atoms with van der Waals surface area (Å²) in [6, 6.07) is 6.29. The van der Waals surface area contributed by atoms with E-state index < -0.39 is 0 Å². The van der Waals surface area contributed by atoms with Gasteiger partial charge in [-0.15, -0.1) is 0 Å². The number of hydrogen-bond acceptors (Lipinski definition) is 3. The van der Waals surface area contributed by atoms with Crippen LogP contribution in [-0.4, -0.2) is 31.1 Å². The molecule has 0 saturated carbocycles.